The standard InChI is InChI=1S/2C8H11.2BrH.Zr/c2*1-2-5-8-6-3-4-7-8;;;/h2*3,6H,2,4-5H2,1H3;2*1H;/q2*-1;;;+4/p-2. The van der Waals surface area contributed by atoms with Crippen molar-refractivity contribution in [2.75, 3.05) is 0 Å². The molecule has 0 amide bonds. The molecule has 0 radical (unpaired) electrons. The van der Waals surface area contributed by atoms with Crippen molar-refractivity contribution in [3.05, 3.63) is 47.6 Å². The van der Waals surface area contributed by atoms with Gasteiger partial charge in [-0.25, -0.2) is 23.3 Å². The first-order valence-electron chi connectivity index (χ1n) is 6.39. The number of halogens is 2. The van der Waals surface area contributed by atoms with Gasteiger partial charge in [-0.15, -0.1) is 12.8 Å². The van der Waals surface area contributed by atoms with Crippen LogP contribution in [0.1, 0.15) is 52.4 Å². The third-order valence-electron chi connectivity index (χ3n) is 2.57. The quantitative estimate of drug-likeness (QED) is 0.466. The van der Waals surface area contributed by atoms with E-state index >= 15 is 0 Å². The van der Waals surface area contributed by atoms with Crippen LogP contribution in [-0.4, -0.2) is 0 Å². The van der Waals surface area contributed by atoms with E-state index in [0.717, 1.165) is 12.8 Å². The molecule has 0 N–H and O–H groups in total. The molecule has 0 heterocycles. The van der Waals surface area contributed by atoms with E-state index in [9.17, 15) is 0 Å². The van der Waals surface area contributed by atoms with Crippen molar-refractivity contribution in [2.45, 2.75) is 52.4 Å². The summed E-state index contributed by atoms with van der Waals surface area (Å²) in [6, 6.07) is 0. The minimum atomic E-state index is 0. The minimum Gasteiger partial charge on any atom is -1.00 e. The van der Waals surface area contributed by atoms with E-state index in [1.807, 2.05) is 0 Å². The number of hydrogen-bond acceptors (Lipinski definition) is 0. The van der Waals surface area contributed by atoms with Crippen LogP contribution in [0.3, 0.4) is 0 Å². The van der Waals surface area contributed by atoms with Crippen molar-refractivity contribution < 1.29 is 60.2 Å². The molecule has 0 saturated carbocycles. The fraction of sp³-hybridized carbons (Fsp3) is 0.500. The molecule has 0 aromatic rings. The van der Waals surface area contributed by atoms with Crippen molar-refractivity contribution >= 4 is 0 Å². The first-order chi connectivity index (χ1) is 7.86. The Balaban J connectivity index is -0.000000233. The van der Waals surface area contributed by atoms with Gasteiger partial charge in [-0.1, -0.05) is 39.5 Å². The molecule has 0 aliphatic heterocycles. The predicted molar refractivity (Wildman–Crippen MR) is 70.8 cm³/mol. The Morgan fingerprint density at radius 3 is 1.42 bits per heavy atom. The maximum atomic E-state index is 3.26. The topological polar surface area (TPSA) is 0 Å². The summed E-state index contributed by atoms with van der Waals surface area (Å²) in [6.45, 7) is 4.39. The molecule has 2 aliphatic rings. The molecule has 0 unspecified atom stereocenters. The zero-order valence-corrected chi connectivity index (χ0v) is 17.4. The van der Waals surface area contributed by atoms with E-state index in [1.54, 1.807) is 0 Å². The van der Waals surface area contributed by atoms with Gasteiger partial charge in [0.1, 0.15) is 0 Å². The second-order valence-corrected chi connectivity index (χ2v) is 4.12. The minimum absolute atomic E-state index is 0. The van der Waals surface area contributed by atoms with Crippen LogP contribution in [0.5, 0.6) is 0 Å². The average molecular weight is 465 g/mol. The van der Waals surface area contributed by atoms with E-state index < -0.39 is 0 Å². The van der Waals surface area contributed by atoms with Crippen LogP contribution in [0.2, 0.25) is 0 Å². The molecule has 19 heavy (non-hydrogen) atoms. The number of hydrogen-bond donors (Lipinski definition) is 0. The van der Waals surface area contributed by atoms with Crippen LogP contribution < -0.4 is 34.0 Å². The largest absolute Gasteiger partial charge is 4.00 e. The van der Waals surface area contributed by atoms with Crippen molar-refractivity contribution in [1.82, 2.24) is 0 Å². The number of rotatable bonds is 4. The molecule has 104 valence electrons. The Hall–Kier alpha value is 0.803. The van der Waals surface area contributed by atoms with Crippen LogP contribution in [0, 0.1) is 12.2 Å². The third kappa shape index (κ3) is 12.3. The van der Waals surface area contributed by atoms with E-state index in [2.05, 4.69) is 50.3 Å². The Bertz CT molecular complexity index is 283. The first-order valence-corrected chi connectivity index (χ1v) is 6.39. The first kappa shape index (κ1) is 24.8. The fourth-order valence-corrected chi connectivity index (χ4v) is 1.78. The van der Waals surface area contributed by atoms with Gasteiger partial charge in [0, 0.05) is 0 Å². The van der Waals surface area contributed by atoms with Crippen molar-refractivity contribution in [1.29, 1.82) is 0 Å². The Morgan fingerprint density at radius 2 is 1.21 bits per heavy atom. The van der Waals surface area contributed by atoms with Crippen LogP contribution in [0.4, 0.5) is 0 Å². The molecule has 2 aliphatic carbocycles. The summed E-state index contributed by atoms with van der Waals surface area (Å²) < 4.78 is 0. The normalized spacial score (nSPS) is 14.2. The van der Waals surface area contributed by atoms with Gasteiger partial charge in [-0.3, -0.25) is 12.2 Å². The number of allylic oxidation sites excluding steroid dienone is 8. The van der Waals surface area contributed by atoms with Gasteiger partial charge >= 0.3 is 26.2 Å². The van der Waals surface area contributed by atoms with Crippen LogP contribution in [0.15, 0.2) is 35.5 Å². The molecule has 0 spiro atoms. The molecule has 0 aromatic carbocycles. The SMILES string of the molecule is CCCC1=[C-]CC=C1.CCCC1=[C-]CC=C1.[Br-].[Br-].[Zr+4]. The second kappa shape index (κ2) is 16.9. The van der Waals surface area contributed by atoms with Gasteiger partial charge in [0.2, 0.25) is 0 Å². The summed E-state index contributed by atoms with van der Waals surface area (Å²) in [5.41, 5.74) is 2.79. The van der Waals surface area contributed by atoms with Crippen LogP contribution >= 0.6 is 0 Å². The van der Waals surface area contributed by atoms with Gasteiger partial charge < -0.3 is 34.0 Å². The molecule has 0 aromatic heterocycles. The molecular formula is C16H22Br2Zr. The van der Waals surface area contributed by atoms with Gasteiger partial charge in [0.25, 0.3) is 0 Å². The van der Waals surface area contributed by atoms with Gasteiger partial charge in [-0.2, -0.15) is 12.2 Å². The zero-order valence-electron chi connectivity index (χ0n) is 11.8. The van der Waals surface area contributed by atoms with Gasteiger partial charge in [0.05, 0.1) is 0 Å². The summed E-state index contributed by atoms with van der Waals surface area (Å²) in [7, 11) is 0. The summed E-state index contributed by atoms with van der Waals surface area (Å²) in [6.07, 6.45) is 22.2. The Kier molecular flexibility index (Phi) is 22.0. The predicted octanol–water partition coefficient (Wildman–Crippen LogP) is -1.04. The Morgan fingerprint density at radius 1 is 0.842 bits per heavy atom. The average Bonchev–Trinajstić information content (AvgIpc) is 2.92. The third-order valence-corrected chi connectivity index (χ3v) is 2.57. The van der Waals surface area contributed by atoms with Crippen molar-refractivity contribution in [2.24, 2.45) is 0 Å². The fourth-order valence-electron chi connectivity index (χ4n) is 1.78. The molecule has 2 rings (SSSR count). The maximum absolute atomic E-state index is 3.26. The van der Waals surface area contributed by atoms with Crippen molar-refractivity contribution in [3.8, 4) is 0 Å². The molecule has 3 heteroatoms. The van der Waals surface area contributed by atoms with Crippen molar-refractivity contribution in [3.63, 3.8) is 0 Å². The monoisotopic (exact) mass is 462 g/mol. The smallest absolute Gasteiger partial charge is 1.00 e. The molecule has 0 nitrogen and oxygen atoms in total. The molecule has 0 fully saturated rings. The van der Waals surface area contributed by atoms with E-state index in [1.165, 1.54) is 36.8 Å². The Labute approximate surface area is 159 Å². The second-order valence-electron chi connectivity index (χ2n) is 4.12. The summed E-state index contributed by atoms with van der Waals surface area (Å²) >= 11 is 0. The van der Waals surface area contributed by atoms with Gasteiger partial charge in [0.15, 0.2) is 0 Å². The molecule has 0 saturated heterocycles. The molecule has 0 atom stereocenters. The van der Waals surface area contributed by atoms with E-state index in [-0.39, 0.29) is 60.2 Å². The summed E-state index contributed by atoms with van der Waals surface area (Å²) in [5, 5.41) is 0. The summed E-state index contributed by atoms with van der Waals surface area (Å²) in [4.78, 5) is 0. The molecular weight excluding hydrogens is 443 g/mol. The van der Waals surface area contributed by atoms with Crippen LogP contribution in [0.25, 0.3) is 0 Å². The van der Waals surface area contributed by atoms with Gasteiger partial charge in [-0.05, 0) is 0 Å². The maximum Gasteiger partial charge on any atom is 4.00 e. The van der Waals surface area contributed by atoms with E-state index in [0.29, 0.717) is 0 Å². The summed E-state index contributed by atoms with van der Waals surface area (Å²) in [5.74, 6) is 0. The van der Waals surface area contributed by atoms with Crippen LogP contribution in [-0.2, 0) is 26.2 Å². The zero-order chi connectivity index (χ0) is 11.6. The van der Waals surface area contributed by atoms with E-state index in [4.69, 9.17) is 0 Å². The molecule has 0 bridgehead atoms.